The Kier molecular flexibility index (Phi) is 5.75. The maximum absolute atomic E-state index is 11.9. The summed E-state index contributed by atoms with van der Waals surface area (Å²) in [4.78, 5) is 41.2. The highest BCUT2D eigenvalue weighted by molar-refractivity contribution is 7.09. The van der Waals surface area contributed by atoms with Gasteiger partial charge in [-0.2, -0.15) is 0 Å². The monoisotopic (exact) mass is 370 g/mol. The molecule has 0 bridgehead atoms. The van der Waals surface area contributed by atoms with E-state index in [1.165, 1.54) is 16.8 Å². The van der Waals surface area contributed by atoms with Crippen molar-refractivity contribution in [1.29, 1.82) is 0 Å². The maximum atomic E-state index is 11.9. The Bertz CT molecular complexity index is 991. The molecule has 0 saturated carbocycles. The first-order valence-corrected chi connectivity index (χ1v) is 9.06. The zero-order valence-electron chi connectivity index (χ0n) is 14.0. The highest BCUT2D eigenvalue weighted by atomic mass is 32.1. The van der Waals surface area contributed by atoms with E-state index in [-0.39, 0.29) is 18.9 Å². The minimum Gasteiger partial charge on any atom is -0.356 e. The molecule has 2 N–H and O–H groups in total. The van der Waals surface area contributed by atoms with Crippen molar-refractivity contribution in [3.63, 3.8) is 0 Å². The quantitative estimate of drug-likeness (QED) is 0.657. The fraction of sp³-hybridized carbons (Fsp3) is 0.222. The zero-order chi connectivity index (χ0) is 18.4. The Morgan fingerprint density at radius 2 is 2.00 bits per heavy atom. The van der Waals surface area contributed by atoms with E-state index < -0.39 is 11.2 Å². The highest BCUT2D eigenvalue weighted by Crippen LogP contribution is 2.21. The van der Waals surface area contributed by atoms with Crippen LogP contribution < -0.4 is 16.6 Å². The molecule has 0 fully saturated rings. The van der Waals surface area contributed by atoms with E-state index in [0.717, 1.165) is 16.3 Å². The summed E-state index contributed by atoms with van der Waals surface area (Å²) in [6.07, 6.45) is 2.20. The van der Waals surface area contributed by atoms with Gasteiger partial charge in [0.1, 0.15) is 0 Å². The molecule has 0 aliphatic carbocycles. The van der Waals surface area contributed by atoms with Gasteiger partial charge in [0.2, 0.25) is 5.91 Å². The molecule has 1 amide bonds. The van der Waals surface area contributed by atoms with E-state index in [4.69, 9.17) is 0 Å². The van der Waals surface area contributed by atoms with Crippen LogP contribution in [0.5, 0.6) is 0 Å². The van der Waals surface area contributed by atoms with Crippen molar-refractivity contribution in [2.45, 2.75) is 19.4 Å². The zero-order valence-corrected chi connectivity index (χ0v) is 14.8. The topological polar surface area (TPSA) is 96.9 Å². The third-order valence-corrected chi connectivity index (χ3v) is 4.67. The smallest absolute Gasteiger partial charge is 0.328 e. The average molecular weight is 370 g/mol. The van der Waals surface area contributed by atoms with Gasteiger partial charge in [-0.1, -0.05) is 30.3 Å². The van der Waals surface area contributed by atoms with Crippen LogP contribution in [0.2, 0.25) is 0 Å². The Labute approximate surface area is 153 Å². The molecule has 2 heterocycles. The van der Waals surface area contributed by atoms with Gasteiger partial charge >= 0.3 is 5.69 Å². The molecule has 26 heavy (non-hydrogen) atoms. The first-order valence-electron chi connectivity index (χ1n) is 8.18. The molecule has 0 saturated heterocycles. The number of carbonyl (C=O) groups excluding carboxylic acids is 1. The molecular weight excluding hydrogens is 352 g/mol. The number of aromatic nitrogens is 3. The molecule has 0 unspecified atom stereocenters. The van der Waals surface area contributed by atoms with Crippen molar-refractivity contribution < 1.29 is 4.79 Å². The molecule has 1 aromatic carbocycles. The minimum absolute atomic E-state index is 0.150. The third-order valence-electron chi connectivity index (χ3n) is 3.76. The highest BCUT2D eigenvalue weighted by Gasteiger charge is 2.06. The van der Waals surface area contributed by atoms with Gasteiger partial charge in [-0.25, -0.2) is 9.78 Å². The van der Waals surface area contributed by atoms with Crippen LogP contribution in [0.1, 0.15) is 11.4 Å². The molecule has 0 aliphatic rings. The molecule has 134 valence electrons. The number of aryl methyl sites for hydroxylation is 1. The fourth-order valence-corrected chi connectivity index (χ4v) is 3.21. The van der Waals surface area contributed by atoms with Crippen LogP contribution in [0.25, 0.3) is 11.3 Å². The first kappa shape index (κ1) is 17.8. The van der Waals surface area contributed by atoms with Crippen LogP contribution in [0, 0.1) is 0 Å². The number of nitrogens with zero attached hydrogens (tertiary/aromatic N) is 2. The number of nitrogens with one attached hydrogen (secondary N) is 2. The lowest BCUT2D eigenvalue weighted by molar-refractivity contribution is -0.121. The van der Waals surface area contributed by atoms with E-state index in [1.807, 2.05) is 35.7 Å². The minimum atomic E-state index is -0.512. The molecule has 8 heteroatoms. The number of H-pyrrole nitrogens is 1. The lowest BCUT2D eigenvalue weighted by atomic mass is 10.2. The summed E-state index contributed by atoms with van der Waals surface area (Å²) in [6.45, 7) is 0.706. The summed E-state index contributed by atoms with van der Waals surface area (Å²) in [5.41, 5.74) is 1.05. The number of thiazole rings is 1. The Morgan fingerprint density at radius 3 is 2.77 bits per heavy atom. The second kappa shape index (κ2) is 8.39. The molecule has 2 aromatic heterocycles. The molecule has 0 spiro atoms. The Morgan fingerprint density at radius 1 is 1.19 bits per heavy atom. The van der Waals surface area contributed by atoms with Crippen LogP contribution in [-0.2, 0) is 17.8 Å². The largest absolute Gasteiger partial charge is 0.356 e. The predicted molar refractivity (Wildman–Crippen MR) is 100 cm³/mol. The van der Waals surface area contributed by atoms with E-state index in [0.29, 0.717) is 13.0 Å². The summed E-state index contributed by atoms with van der Waals surface area (Å²) >= 11 is 1.57. The number of aromatic amines is 1. The van der Waals surface area contributed by atoms with Crippen LogP contribution in [0.4, 0.5) is 0 Å². The lowest BCUT2D eigenvalue weighted by Crippen LogP contribution is -2.31. The van der Waals surface area contributed by atoms with Gasteiger partial charge in [0.15, 0.2) is 0 Å². The van der Waals surface area contributed by atoms with E-state index in [2.05, 4.69) is 15.3 Å². The van der Waals surface area contributed by atoms with Gasteiger partial charge in [-0.05, 0) is 0 Å². The normalized spacial score (nSPS) is 10.6. The van der Waals surface area contributed by atoms with Crippen LogP contribution >= 0.6 is 11.3 Å². The summed E-state index contributed by atoms with van der Waals surface area (Å²) < 4.78 is 1.30. The van der Waals surface area contributed by atoms with Crippen LogP contribution in [-0.4, -0.2) is 27.0 Å². The second-order valence-electron chi connectivity index (χ2n) is 5.65. The van der Waals surface area contributed by atoms with E-state index in [9.17, 15) is 14.4 Å². The van der Waals surface area contributed by atoms with Crippen molar-refractivity contribution in [2.24, 2.45) is 0 Å². The molecule has 7 nitrogen and oxygen atoms in total. The summed E-state index contributed by atoms with van der Waals surface area (Å²) in [5, 5.41) is 5.79. The van der Waals surface area contributed by atoms with E-state index >= 15 is 0 Å². The van der Waals surface area contributed by atoms with Crippen molar-refractivity contribution in [2.75, 3.05) is 6.54 Å². The molecule has 0 radical (unpaired) electrons. The summed E-state index contributed by atoms with van der Waals surface area (Å²) in [5.74, 6) is -0.150. The standard InChI is InChI=1S/C18H18N4O3S/c23-15(7-10-22-11-8-16(24)21-18(22)25)19-9-6-17-20-14(12-26-17)13-4-2-1-3-5-13/h1-5,8,11-12H,6-7,9-10H2,(H,19,23)(H,21,24,25). The van der Waals surface area contributed by atoms with Gasteiger partial charge < -0.3 is 9.88 Å². The van der Waals surface area contributed by atoms with Crippen molar-refractivity contribution in [3.8, 4) is 11.3 Å². The molecule has 3 aromatic rings. The SMILES string of the molecule is O=C(CCn1ccc(=O)[nH]c1=O)NCCc1nc(-c2ccccc2)cs1. The number of hydrogen-bond acceptors (Lipinski definition) is 5. The Balaban J connectivity index is 1.45. The molecule has 3 rings (SSSR count). The number of carbonyl (C=O) groups is 1. The van der Waals surface area contributed by atoms with E-state index in [1.54, 1.807) is 11.3 Å². The molecule has 0 aliphatic heterocycles. The third kappa shape index (κ3) is 4.76. The van der Waals surface area contributed by atoms with Gasteiger partial charge in [0.05, 0.1) is 10.7 Å². The van der Waals surface area contributed by atoms with Gasteiger partial charge in [0, 0.05) is 49.1 Å². The maximum Gasteiger partial charge on any atom is 0.328 e. The van der Waals surface area contributed by atoms with Gasteiger partial charge in [-0.15, -0.1) is 11.3 Å². The second-order valence-corrected chi connectivity index (χ2v) is 6.59. The first-order chi connectivity index (χ1) is 12.6. The fourth-order valence-electron chi connectivity index (χ4n) is 2.41. The Hall–Kier alpha value is -3.00. The summed E-state index contributed by atoms with van der Waals surface area (Å²) in [6, 6.07) is 11.2. The van der Waals surface area contributed by atoms with Crippen molar-refractivity contribution in [3.05, 3.63) is 73.8 Å². The number of benzene rings is 1. The van der Waals surface area contributed by atoms with Crippen LogP contribution in [0.15, 0.2) is 57.6 Å². The van der Waals surface area contributed by atoms with Gasteiger partial charge in [0.25, 0.3) is 5.56 Å². The molecular formula is C18H18N4O3S. The number of hydrogen-bond donors (Lipinski definition) is 2. The lowest BCUT2D eigenvalue weighted by Gasteiger charge is -2.05. The van der Waals surface area contributed by atoms with Crippen molar-refractivity contribution >= 4 is 17.2 Å². The van der Waals surface area contributed by atoms with Crippen LogP contribution in [0.3, 0.4) is 0 Å². The molecule has 0 atom stereocenters. The van der Waals surface area contributed by atoms with Gasteiger partial charge in [-0.3, -0.25) is 14.6 Å². The average Bonchev–Trinajstić information content (AvgIpc) is 3.11. The predicted octanol–water partition coefficient (Wildman–Crippen LogP) is 1.41. The number of amides is 1. The number of rotatable bonds is 7. The summed E-state index contributed by atoms with van der Waals surface area (Å²) in [7, 11) is 0. The van der Waals surface area contributed by atoms with Crippen molar-refractivity contribution in [1.82, 2.24) is 19.9 Å².